The second-order valence-electron chi connectivity index (χ2n) is 8.74. The number of anilines is 3. The van der Waals surface area contributed by atoms with Crippen LogP contribution in [0, 0.1) is 0 Å². The van der Waals surface area contributed by atoms with Gasteiger partial charge < -0.3 is 20.9 Å². The van der Waals surface area contributed by atoms with Gasteiger partial charge in [-0.1, -0.05) is 0 Å². The molecule has 5 heterocycles. The fourth-order valence-electron chi connectivity index (χ4n) is 4.61. The molecule has 3 fully saturated rings. The van der Waals surface area contributed by atoms with E-state index in [0.29, 0.717) is 17.8 Å². The lowest BCUT2D eigenvalue weighted by Crippen LogP contribution is -2.48. The first-order chi connectivity index (χ1) is 15.2. The Morgan fingerprint density at radius 3 is 2.97 bits per heavy atom. The molecule has 3 aromatic heterocycles. The lowest BCUT2D eigenvalue weighted by molar-refractivity contribution is -0.122. The standard InChI is InChI=1S/C21H27N9O/c31-19(23-14-7-8-22-12-14)16-3-1-9-29(16)21-25-18-4-2-10-30(18)20(26-21)24-17-11-15(27-28-17)13-5-6-13/h2,4,10-11,13-14,16,22H,1,3,5-9,12H2,(H,23,31)(H2,24,25,26,27,28)/t14-,16+/m1/s1. The van der Waals surface area contributed by atoms with E-state index in [1.54, 1.807) is 0 Å². The maximum Gasteiger partial charge on any atom is 0.243 e. The molecule has 1 saturated carbocycles. The van der Waals surface area contributed by atoms with E-state index in [9.17, 15) is 4.79 Å². The van der Waals surface area contributed by atoms with Crippen molar-refractivity contribution in [2.45, 2.75) is 50.1 Å². The van der Waals surface area contributed by atoms with Gasteiger partial charge in [-0.2, -0.15) is 15.1 Å². The average molecular weight is 422 g/mol. The van der Waals surface area contributed by atoms with Crippen molar-refractivity contribution >= 4 is 29.3 Å². The van der Waals surface area contributed by atoms with E-state index in [4.69, 9.17) is 9.97 Å². The Balaban J connectivity index is 1.27. The fourth-order valence-corrected chi connectivity index (χ4v) is 4.61. The number of carbonyl (C=O) groups excluding carboxylic acids is 1. The van der Waals surface area contributed by atoms with Crippen molar-refractivity contribution < 1.29 is 4.79 Å². The zero-order valence-electron chi connectivity index (χ0n) is 17.3. The number of aromatic nitrogens is 5. The first kappa shape index (κ1) is 18.6. The van der Waals surface area contributed by atoms with Crippen LogP contribution in [0.3, 0.4) is 0 Å². The van der Waals surface area contributed by atoms with Crippen LogP contribution in [0.25, 0.3) is 5.65 Å². The summed E-state index contributed by atoms with van der Waals surface area (Å²) in [6.45, 7) is 2.56. The summed E-state index contributed by atoms with van der Waals surface area (Å²) in [5, 5.41) is 17.3. The summed E-state index contributed by atoms with van der Waals surface area (Å²) in [5.41, 5.74) is 1.95. The zero-order chi connectivity index (χ0) is 20.8. The lowest BCUT2D eigenvalue weighted by Gasteiger charge is -2.25. The van der Waals surface area contributed by atoms with Gasteiger partial charge >= 0.3 is 0 Å². The van der Waals surface area contributed by atoms with E-state index in [1.807, 2.05) is 27.6 Å². The summed E-state index contributed by atoms with van der Waals surface area (Å²) in [6.07, 6.45) is 7.10. The van der Waals surface area contributed by atoms with Crippen LogP contribution in [-0.2, 0) is 4.79 Å². The van der Waals surface area contributed by atoms with Crippen LogP contribution in [0.4, 0.5) is 17.7 Å². The highest BCUT2D eigenvalue weighted by Crippen LogP contribution is 2.39. The van der Waals surface area contributed by atoms with Crippen molar-refractivity contribution in [1.82, 2.24) is 35.2 Å². The summed E-state index contributed by atoms with van der Waals surface area (Å²) in [7, 11) is 0. The highest BCUT2D eigenvalue weighted by Gasteiger charge is 2.34. The van der Waals surface area contributed by atoms with Gasteiger partial charge in [-0.3, -0.25) is 14.3 Å². The molecule has 4 N–H and O–H groups in total. The van der Waals surface area contributed by atoms with E-state index in [2.05, 4.69) is 32.2 Å². The van der Waals surface area contributed by atoms with Crippen LogP contribution in [0.2, 0.25) is 0 Å². The van der Waals surface area contributed by atoms with Crippen LogP contribution in [0.1, 0.15) is 43.7 Å². The number of nitrogens with one attached hydrogen (secondary N) is 4. The van der Waals surface area contributed by atoms with Gasteiger partial charge in [0.05, 0.1) is 0 Å². The molecule has 2 saturated heterocycles. The number of H-pyrrole nitrogens is 1. The minimum Gasteiger partial charge on any atom is -0.350 e. The number of nitrogens with zero attached hydrogens (tertiary/aromatic N) is 5. The summed E-state index contributed by atoms with van der Waals surface area (Å²) >= 11 is 0. The van der Waals surface area contributed by atoms with Crippen LogP contribution in [0.5, 0.6) is 0 Å². The van der Waals surface area contributed by atoms with Crippen molar-refractivity contribution in [1.29, 1.82) is 0 Å². The number of aromatic amines is 1. The summed E-state index contributed by atoms with van der Waals surface area (Å²) in [5.74, 6) is 2.64. The largest absolute Gasteiger partial charge is 0.350 e. The minimum atomic E-state index is -0.238. The van der Waals surface area contributed by atoms with Gasteiger partial charge in [-0.25, -0.2) is 0 Å². The third-order valence-electron chi connectivity index (χ3n) is 6.45. The molecular formula is C21H27N9O. The third-order valence-corrected chi connectivity index (χ3v) is 6.45. The van der Waals surface area contributed by atoms with Gasteiger partial charge in [0.25, 0.3) is 0 Å². The number of rotatable bonds is 6. The van der Waals surface area contributed by atoms with Crippen molar-refractivity contribution in [2.75, 3.05) is 29.9 Å². The molecule has 10 heteroatoms. The highest BCUT2D eigenvalue weighted by molar-refractivity contribution is 5.85. The number of amides is 1. The molecule has 31 heavy (non-hydrogen) atoms. The SMILES string of the molecule is O=C(N[C@@H]1CCNC1)[C@@H]1CCCN1c1nc(Nc2cc(C3CC3)[nH]n2)n2cccc2n1. The van der Waals surface area contributed by atoms with Crippen molar-refractivity contribution in [2.24, 2.45) is 0 Å². The predicted octanol–water partition coefficient (Wildman–Crippen LogP) is 1.52. The molecule has 0 bridgehead atoms. The molecule has 10 nitrogen and oxygen atoms in total. The summed E-state index contributed by atoms with van der Waals surface area (Å²) < 4.78 is 1.91. The molecule has 0 radical (unpaired) electrons. The lowest BCUT2D eigenvalue weighted by atomic mass is 10.2. The maximum absolute atomic E-state index is 13.0. The van der Waals surface area contributed by atoms with Crippen LogP contribution >= 0.6 is 0 Å². The molecule has 162 valence electrons. The molecule has 0 spiro atoms. The molecule has 2 atom stereocenters. The second kappa shape index (κ2) is 7.52. The van der Waals surface area contributed by atoms with Gasteiger partial charge in [0.15, 0.2) is 5.82 Å². The van der Waals surface area contributed by atoms with Crippen molar-refractivity contribution in [3.63, 3.8) is 0 Å². The topological polar surface area (TPSA) is 115 Å². The van der Waals surface area contributed by atoms with E-state index < -0.39 is 0 Å². The quantitative estimate of drug-likeness (QED) is 0.477. The average Bonchev–Trinajstić information content (AvgIpc) is 3.27. The van der Waals surface area contributed by atoms with E-state index in [-0.39, 0.29) is 18.0 Å². The maximum atomic E-state index is 13.0. The highest BCUT2D eigenvalue weighted by atomic mass is 16.2. The first-order valence-corrected chi connectivity index (χ1v) is 11.2. The second-order valence-corrected chi connectivity index (χ2v) is 8.74. The Morgan fingerprint density at radius 1 is 1.19 bits per heavy atom. The number of fused-ring (bicyclic) bond motifs is 1. The van der Waals surface area contributed by atoms with Gasteiger partial charge in [-0.15, -0.1) is 0 Å². The molecule has 0 aromatic carbocycles. The van der Waals surface area contributed by atoms with Crippen molar-refractivity contribution in [3.8, 4) is 0 Å². The molecule has 1 amide bonds. The van der Waals surface area contributed by atoms with Gasteiger partial charge in [0.1, 0.15) is 11.7 Å². The van der Waals surface area contributed by atoms with E-state index in [0.717, 1.165) is 50.4 Å². The van der Waals surface area contributed by atoms with Crippen molar-refractivity contribution in [3.05, 3.63) is 30.1 Å². The molecule has 3 aliphatic rings. The van der Waals surface area contributed by atoms with Crippen LogP contribution < -0.4 is 20.9 Å². The Morgan fingerprint density at radius 2 is 2.13 bits per heavy atom. The van der Waals surface area contributed by atoms with Gasteiger partial charge in [0.2, 0.25) is 17.8 Å². The number of hydrogen-bond donors (Lipinski definition) is 4. The smallest absolute Gasteiger partial charge is 0.243 e. The van der Waals surface area contributed by atoms with Crippen LogP contribution in [-0.4, -0.2) is 62.2 Å². The van der Waals surface area contributed by atoms with Gasteiger partial charge in [0, 0.05) is 43.0 Å². The Bertz CT molecular complexity index is 1100. The molecule has 6 rings (SSSR count). The van der Waals surface area contributed by atoms with E-state index >= 15 is 0 Å². The molecule has 2 aliphatic heterocycles. The fraction of sp³-hybridized carbons (Fsp3) is 0.524. The third kappa shape index (κ3) is 3.60. The Labute approximate surface area is 179 Å². The molecule has 0 unspecified atom stereocenters. The minimum absolute atomic E-state index is 0.0703. The molecular weight excluding hydrogens is 394 g/mol. The Kier molecular flexibility index (Phi) is 4.52. The monoisotopic (exact) mass is 421 g/mol. The number of hydrogen-bond acceptors (Lipinski definition) is 7. The predicted molar refractivity (Wildman–Crippen MR) is 117 cm³/mol. The molecule has 1 aliphatic carbocycles. The zero-order valence-corrected chi connectivity index (χ0v) is 17.3. The molecule has 3 aromatic rings. The number of carbonyl (C=O) groups is 1. The first-order valence-electron chi connectivity index (χ1n) is 11.2. The van der Waals surface area contributed by atoms with Gasteiger partial charge in [-0.05, 0) is 50.8 Å². The summed E-state index contributed by atoms with van der Waals surface area (Å²) in [4.78, 5) is 24.6. The van der Waals surface area contributed by atoms with E-state index in [1.165, 1.54) is 18.5 Å². The van der Waals surface area contributed by atoms with Crippen LogP contribution in [0.15, 0.2) is 24.4 Å². The normalized spacial score (nSPS) is 23.5. The Hall–Kier alpha value is -3.14. The summed E-state index contributed by atoms with van der Waals surface area (Å²) in [6, 6.07) is 5.92.